The SMILES string of the molecule is Cc1cc(NC(=O)c2cc(S(=O)(=O)NC3(C)COC3)c(C)s2)ccc1F. The summed E-state index contributed by atoms with van der Waals surface area (Å²) in [6.07, 6.45) is 0. The second kappa shape index (κ2) is 6.73. The van der Waals surface area contributed by atoms with Gasteiger partial charge in [0.1, 0.15) is 5.82 Å². The molecule has 140 valence electrons. The molecule has 0 saturated carbocycles. The lowest BCUT2D eigenvalue weighted by Crippen LogP contribution is -2.59. The second-order valence-electron chi connectivity index (χ2n) is 6.61. The lowest BCUT2D eigenvalue weighted by Gasteiger charge is -2.38. The molecule has 1 fully saturated rings. The van der Waals surface area contributed by atoms with Crippen LogP contribution in [0.4, 0.5) is 10.1 Å². The molecule has 1 saturated heterocycles. The van der Waals surface area contributed by atoms with Gasteiger partial charge in [0.25, 0.3) is 5.91 Å². The largest absolute Gasteiger partial charge is 0.377 e. The first-order valence-corrected chi connectivity index (χ1v) is 10.2. The first kappa shape index (κ1) is 19.0. The van der Waals surface area contributed by atoms with Gasteiger partial charge in [0.2, 0.25) is 10.0 Å². The number of halogens is 1. The predicted molar refractivity (Wildman–Crippen MR) is 97.7 cm³/mol. The minimum atomic E-state index is -3.76. The highest BCUT2D eigenvalue weighted by molar-refractivity contribution is 7.89. The first-order valence-electron chi connectivity index (χ1n) is 7.89. The van der Waals surface area contributed by atoms with Gasteiger partial charge in [-0.25, -0.2) is 17.5 Å². The fourth-order valence-electron chi connectivity index (χ4n) is 2.61. The van der Waals surface area contributed by atoms with Crippen LogP contribution in [0.1, 0.15) is 27.0 Å². The van der Waals surface area contributed by atoms with E-state index in [4.69, 9.17) is 4.74 Å². The highest BCUT2D eigenvalue weighted by Crippen LogP contribution is 2.28. The number of benzene rings is 1. The van der Waals surface area contributed by atoms with E-state index in [1.54, 1.807) is 20.8 Å². The molecular weight excluding hydrogens is 379 g/mol. The van der Waals surface area contributed by atoms with Crippen molar-refractivity contribution in [1.82, 2.24) is 4.72 Å². The molecule has 3 rings (SSSR count). The lowest BCUT2D eigenvalue weighted by molar-refractivity contribution is -0.0523. The number of aryl methyl sites for hydroxylation is 2. The van der Waals surface area contributed by atoms with Crippen molar-refractivity contribution < 1.29 is 22.3 Å². The zero-order valence-corrected chi connectivity index (χ0v) is 16.2. The van der Waals surface area contributed by atoms with Gasteiger partial charge in [-0.1, -0.05) is 0 Å². The summed E-state index contributed by atoms with van der Waals surface area (Å²) in [5, 5.41) is 2.66. The van der Waals surface area contributed by atoms with E-state index in [2.05, 4.69) is 10.0 Å². The van der Waals surface area contributed by atoms with Gasteiger partial charge in [-0.3, -0.25) is 4.79 Å². The van der Waals surface area contributed by atoms with Crippen LogP contribution in [0.3, 0.4) is 0 Å². The van der Waals surface area contributed by atoms with Crippen LogP contribution >= 0.6 is 11.3 Å². The maximum Gasteiger partial charge on any atom is 0.265 e. The summed E-state index contributed by atoms with van der Waals surface area (Å²) in [5.41, 5.74) is 0.233. The number of hydrogen-bond acceptors (Lipinski definition) is 5. The van der Waals surface area contributed by atoms with Crippen molar-refractivity contribution in [3.05, 3.63) is 45.4 Å². The van der Waals surface area contributed by atoms with Gasteiger partial charge in [-0.15, -0.1) is 11.3 Å². The Balaban J connectivity index is 1.80. The van der Waals surface area contributed by atoms with E-state index in [1.165, 1.54) is 24.3 Å². The zero-order valence-electron chi connectivity index (χ0n) is 14.6. The van der Waals surface area contributed by atoms with Crippen LogP contribution in [0.5, 0.6) is 0 Å². The van der Waals surface area contributed by atoms with Crippen LogP contribution in [-0.4, -0.2) is 33.1 Å². The minimum Gasteiger partial charge on any atom is -0.377 e. The van der Waals surface area contributed by atoms with E-state index < -0.39 is 21.5 Å². The Morgan fingerprint density at radius 3 is 2.54 bits per heavy atom. The van der Waals surface area contributed by atoms with Gasteiger partial charge < -0.3 is 10.1 Å². The summed E-state index contributed by atoms with van der Waals surface area (Å²) < 4.78 is 46.2. The number of nitrogens with one attached hydrogen (secondary N) is 2. The van der Waals surface area contributed by atoms with Crippen molar-refractivity contribution in [2.24, 2.45) is 0 Å². The van der Waals surface area contributed by atoms with Crippen LogP contribution in [0.25, 0.3) is 0 Å². The molecule has 2 N–H and O–H groups in total. The van der Waals surface area contributed by atoms with Gasteiger partial charge in [0.15, 0.2) is 0 Å². The molecule has 1 aliphatic rings. The smallest absolute Gasteiger partial charge is 0.265 e. The third kappa shape index (κ3) is 3.80. The van der Waals surface area contributed by atoms with E-state index >= 15 is 0 Å². The molecule has 2 aromatic rings. The van der Waals surface area contributed by atoms with Crippen molar-refractivity contribution in [3.8, 4) is 0 Å². The van der Waals surface area contributed by atoms with Gasteiger partial charge in [-0.2, -0.15) is 0 Å². The molecule has 26 heavy (non-hydrogen) atoms. The predicted octanol–water partition coefficient (Wildman–Crippen LogP) is 2.82. The molecule has 0 atom stereocenters. The summed E-state index contributed by atoms with van der Waals surface area (Å²) >= 11 is 1.09. The summed E-state index contributed by atoms with van der Waals surface area (Å²) in [6.45, 7) is 5.64. The molecule has 0 radical (unpaired) electrons. The molecule has 1 aromatic heterocycles. The number of carbonyl (C=O) groups excluding carboxylic acids is 1. The van der Waals surface area contributed by atoms with Crippen molar-refractivity contribution in [2.45, 2.75) is 31.2 Å². The maximum absolute atomic E-state index is 13.3. The Hall–Kier alpha value is -1.81. The first-order chi connectivity index (χ1) is 12.1. The number of anilines is 1. The molecule has 0 spiro atoms. The van der Waals surface area contributed by atoms with Crippen LogP contribution in [-0.2, 0) is 14.8 Å². The maximum atomic E-state index is 13.3. The highest BCUT2D eigenvalue weighted by atomic mass is 32.2. The highest BCUT2D eigenvalue weighted by Gasteiger charge is 2.38. The summed E-state index contributed by atoms with van der Waals surface area (Å²) in [4.78, 5) is 13.3. The van der Waals surface area contributed by atoms with Gasteiger partial charge in [-0.05, 0) is 50.6 Å². The fraction of sp³-hybridized carbons (Fsp3) is 0.353. The third-order valence-corrected chi connectivity index (χ3v) is 6.97. The number of carbonyl (C=O) groups is 1. The number of rotatable bonds is 5. The van der Waals surface area contributed by atoms with Crippen molar-refractivity contribution in [3.63, 3.8) is 0 Å². The molecule has 2 heterocycles. The van der Waals surface area contributed by atoms with Crippen molar-refractivity contribution in [2.75, 3.05) is 18.5 Å². The Morgan fingerprint density at radius 1 is 1.27 bits per heavy atom. The Kier molecular flexibility index (Phi) is 4.91. The quantitative estimate of drug-likeness (QED) is 0.811. The van der Waals surface area contributed by atoms with Gasteiger partial charge in [0, 0.05) is 10.6 Å². The molecule has 0 unspecified atom stereocenters. The van der Waals surface area contributed by atoms with Crippen molar-refractivity contribution >= 4 is 33.0 Å². The van der Waals surface area contributed by atoms with E-state index in [0.717, 1.165) is 11.3 Å². The Labute approximate surface area is 155 Å². The fourth-order valence-corrected chi connectivity index (χ4v) is 5.47. The summed E-state index contributed by atoms with van der Waals surface area (Å²) in [7, 11) is -3.76. The lowest BCUT2D eigenvalue weighted by atomic mass is 10.0. The topological polar surface area (TPSA) is 84.5 Å². The number of ether oxygens (including phenoxy) is 1. The zero-order chi connectivity index (χ0) is 19.1. The molecule has 1 aromatic carbocycles. The molecule has 9 heteroatoms. The summed E-state index contributed by atoms with van der Waals surface area (Å²) in [5.74, 6) is -0.799. The number of amides is 1. The molecule has 1 aliphatic heterocycles. The molecule has 1 amide bonds. The number of hydrogen-bond donors (Lipinski definition) is 2. The van der Waals surface area contributed by atoms with Crippen LogP contribution < -0.4 is 10.0 Å². The van der Waals surface area contributed by atoms with E-state index in [0.29, 0.717) is 29.3 Å². The second-order valence-corrected chi connectivity index (χ2v) is 9.52. The Bertz CT molecular complexity index is 965. The standard InChI is InChI=1S/C17H19FN2O4S2/c1-10-6-12(4-5-13(10)18)19-16(21)14-7-15(11(2)25-14)26(22,23)20-17(3)8-24-9-17/h4-7,20H,8-9H2,1-3H3,(H,19,21). The molecular formula is C17H19FN2O4S2. The summed E-state index contributed by atoms with van der Waals surface area (Å²) in [6, 6.07) is 5.60. The molecule has 0 aliphatic carbocycles. The van der Waals surface area contributed by atoms with Crippen LogP contribution in [0, 0.1) is 19.7 Å². The number of thiophene rings is 1. The normalized spacial score (nSPS) is 16.2. The number of sulfonamides is 1. The minimum absolute atomic E-state index is 0.0797. The van der Waals surface area contributed by atoms with Crippen LogP contribution in [0.2, 0.25) is 0 Å². The average Bonchev–Trinajstić information content (AvgIpc) is 2.92. The monoisotopic (exact) mass is 398 g/mol. The van der Waals surface area contributed by atoms with Gasteiger partial charge >= 0.3 is 0 Å². The van der Waals surface area contributed by atoms with E-state index in [-0.39, 0.29) is 15.6 Å². The van der Waals surface area contributed by atoms with E-state index in [1.807, 2.05) is 0 Å². The Morgan fingerprint density at radius 2 is 1.96 bits per heavy atom. The van der Waals surface area contributed by atoms with E-state index in [9.17, 15) is 17.6 Å². The van der Waals surface area contributed by atoms with Crippen LogP contribution in [0.15, 0.2) is 29.2 Å². The average molecular weight is 398 g/mol. The van der Waals surface area contributed by atoms with Crippen molar-refractivity contribution in [1.29, 1.82) is 0 Å². The molecule has 6 nitrogen and oxygen atoms in total. The molecule has 0 bridgehead atoms. The van der Waals surface area contributed by atoms with Gasteiger partial charge in [0.05, 0.1) is 28.5 Å². The third-order valence-electron chi connectivity index (χ3n) is 4.02.